The summed E-state index contributed by atoms with van der Waals surface area (Å²) in [6.45, 7) is 6.32. The Kier molecular flexibility index (Phi) is 6.35. The SMILES string of the molecule is CN=C(NC1CC1c1ccccc1OC(F)(F)F)N1CCC(C)(C)C1.I. The number of alkyl halides is 3. The second-order valence-corrected chi connectivity index (χ2v) is 7.56. The molecule has 0 bridgehead atoms. The standard InChI is InChI=1S/C18H24F3N3O.HI/c1-17(2)8-9-24(11-17)16(22-3)23-14-10-13(14)12-6-4-5-7-15(12)25-18(19,20)21;/h4-7,13-14H,8-11H2,1-3H3,(H,22,23);1H. The summed E-state index contributed by atoms with van der Waals surface area (Å²) in [6.07, 6.45) is -2.80. The van der Waals surface area contributed by atoms with E-state index in [0.29, 0.717) is 5.56 Å². The molecule has 1 aliphatic heterocycles. The summed E-state index contributed by atoms with van der Waals surface area (Å²) in [4.78, 5) is 6.56. The van der Waals surface area contributed by atoms with Crippen LogP contribution in [0.2, 0.25) is 0 Å². The van der Waals surface area contributed by atoms with Crippen molar-refractivity contribution in [2.75, 3.05) is 20.1 Å². The van der Waals surface area contributed by atoms with Gasteiger partial charge >= 0.3 is 6.36 Å². The van der Waals surface area contributed by atoms with Crippen LogP contribution in [-0.4, -0.2) is 43.4 Å². The van der Waals surface area contributed by atoms with Crippen molar-refractivity contribution in [1.29, 1.82) is 0 Å². The number of guanidine groups is 1. The highest BCUT2D eigenvalue weighted by atomic mass is 127. The van der Waals surface area contributed by atoms with Crippen LogP contribution in [0.4, 0.5) is 13.2 Å². The number of benzene rings is 1. The van der Waals surface area contributed by atoms with Gasteiger partial charge in [0.05, 0.1) is 0 Å². The molecule has 1 N–H and O–H groups in total. The molecule has 1 saturated carbocycles. The van der Waals surface area contributed by atoms with Crippen molar-refractivity contribution < 1.29 is 17.9 Å². The number of aliphatic imine (C=N–C) groups is 1. The molecule has 4 nitrogen and oxygen atoms in total. The van der Waals surface area contributed by atoms with Gasteiger partial charge in [0, 0.05) is 32.1 Å². The molecule has 2 atom stereocenters. The molecule has 1 aromatic rings. The summed E-state index contributed by atoms with van der Waals surface area (Å²) in [6, 6.07) is 6.46. The van der Waals surface area contributed by atoms with E-state index < -0.39 is 6.36 Å². The third-order valence-electron chi connectivity index (χ3n) is 4.84. The average Bonchev–Trinajstić information content (AvgIpc) is 3.18. The fourth-order valence-corrected chi connectivity index (χ4v) is 3.46. The number of ether oxygens (including phenoxy) is 1. The molecule has 0 radical (unpaired) electrons. The number of para-hydroxylation sites is 1. The maximum absolute atomic E-state index is 12.6. The minimum Gasteiger partial charge on any atom is -0.405 e. The second-order valence-electron chi connectivity index (χ2n) is 7.56. The normalized spacial score (nSPS) is 24.8. The highest BCUT2D eigenvalue weighted by Crippen LogP contribution is 2.45. The quantitative estimate of drug-likeness (QED) is 0.395. The molecule has 2 fully saturated rings. The molecule has 146 valence electrons. The molecule has 1 heterocycles. The smallest absolute Gasteiger partial charge is 0.405 e. The first kappa shape index (κ1) is 21.1. The van der Waals surface area contributed by atoms with Gasteiger partial charge in [-0.3, -0.25) is 4.99 Å². The summed E-state index contributed by atoms with van der Waals surface area (Å²) >= 11 is 0. The van der Waals surface area contributed by atoms with Crippen molar-refractivity contribution in [3.05, 3.63) is 29.8 Å². The molecule has 26 heavy (non-hydrogen) atoms. The van der Waals surface area contributed by atoms with Gasteiger partial charge in [0.25, 0.3) is 0 Å². The van der Waals surface area contributed by atoms with E-state index in [-0.39, 0.29) is 47.1 Å². The minimum absolute atomic E-state index is 0. The van der Waals surface area contributed by atoms with Crippen molar-refractivity contribution in [2.24, 2.45) is 10.4 Å². The van der Waals surface area contributed by atoms with Crippen LogP contribution >= 0.6 is 24.0 Å². The van der Waals surface area contributed by atoms with Gasteiger partial charge in [0.1, 0.15) is 5.75 Å². The van der Waals surface area contributed by atoms with E-state index in [2.05, 4.69) is 33.8 Å². The van der Waals surface area contributed by atoms with Gasteiger partial charge in [0.15, 0.2) is 5.96 Å². The monoisotopic (exact) mass is 483 g/mol. The zero-order valence-corrected chi connectivity index (χ0v) is 17.5. The first-order valence-electron chi connectivity index (χ1n) is 8.51. The number of hydrogen-bond donors (Lipinski definition) is 1. The van der Waals surface area contributed by atoms with Gasteiger partial charge in [-0.2, -0.15) is 0 Å². The Labute approximate surface area is 169 Å². The van der Waals surface area contributed by atoms with E-state index in [4.69, 9.17) is 0 Å². The molecule has 0 amide bonds. The molecule has 8 heteroatoms. The van der Waals surface area contributed by atoms with E-state index in [9.17, 15) is 13.2 Å². The Hall–Kier alpha value is -1.19. The summed E-state index contributed by atoms with van der Waals surface area (Å²) in [5, 5.41) is 3.40. The van der Waals surface area contributed by atoms with Crippen molar-refractivity contribution in [2.45, 2.75) is 45.0 Å². The van der Waals surface area contributed by atoms with Crippen LogP contribution in [0, 0.1) is 5.41 Å². The molecule has 2 aliphatic rings. The average molecular weight is 483 g/mol. The molecule has 3 rings (SSSR count). The largest absolute Gasteiger partial charge is 0.573 e. The van der Waals surface area contributed by atoms with Crippen LogP contribution < -0.4 is 10.1 Å². The Balaban J connectivity index is 0.00000243. The number of hydrogen-bond acceptors (Lipinski definition) is 2. The lowest BCUT2D eigenvalue weighted by Gasteiger charge is -2.24. The van der Waals surface area contributed by atoms with Crippen LogP contribution in [-0.2, 0) is 0 Å². The zero-order valence-electron chi connectivity index (χ0n) is 15.1. The number of halogens is 4. The summed E-state index contributed by atoms with van der Waals surface area (Å²) in [7, 11) is 1.74. The lowest BCUT2D eigenvalue weighted by molar-refractivity contribution is -0.274. The Morgan fingerprint density at radius 2 is 2.00 bits per heavy atom. The molecule has 1 saturated heterocycles. The van der Waals surface area contributed by atoms with E-state index in [0.717, 1.165) is 31.9 Å². The summed E-state index contributed by atoms with van der Waals surface area (Å²) < 4.78 is 41.9. The first-order valence-corrected chi connectivity index (χ1v) is 8.51. The lowest BCUT2D eigenvalue weighted by Crippen LogP contribution is -2.42. The van der Waals surface area contributed by atoms with Crippen molar-refractivity contribution >= 4 is 29.9 Å². The van der Waals surface area contributed by atoms with E-state index >= 15 is 0 Å². The number of nitrogens with zero attached hydrogens (tertiary/aromatic N) is 2. The third kappa shape index (κ3) is 5.17. The molecule has 1 aromatic carbocycles. The highest BCUT2D eigenvalue weighted by Gasteiger charge is 2.43. The van der Waals surface area contributed by atoms with Crippen LogP contribution in [0.5, 0.6) is 5.75 Å². The van der Waals surface area contributed by atoms with Crippen molar-refractivity contribution in [3.63, 3.8) is 0 Å². The van der Waals surface area contributed by atoms with Crippen LogP contribution in [0.25, 0.3) is 0 Å². The molecule has 0 aromatic heterocycles. The predicted molar refractivity (Wildman–Crippen MR) is 106 cm³/mol. The predicted octanol–water partition coefficient (Wildman–Crippen LogP) is 4.37. The third-order valence-corrected chi connectivity index (χ3v) is 4.84. The fourth-order valence-electron chi connectivity index (χ4n) is 3.46. The molecule has 1 aliphatic carbocycles. The Morgan fingerprint density at radius 1 is 1.31 bits per heavy atom. The number of nitrogens with one attached hydrogen (secondary N) is 1. The van der Waals surface area contributed by atoms with E-state index in [1.54, 1.807) is 25.2 Å². The first-order chi connectivity index (χ1) is 11.7. The van der Waals surface area contributed by atoms with E-state index in [1.807, 2.05) is 0 Å². The maximum atomic E-state index is 12.6. The Morgan fingerprint density at radius 3 is 2.58 bits per heavy atom. The van der Waals surface area contributed by atoms with Crippen LogP contribution in [0.1, 0.15) is 38.2 Å². The number of rotatable bonds is 3. The molecule has 0 spiro atoms. The molecule has 2 unspecified atom stereocenters. The van der Waals surface area contributed by atoms with Gasteiger partial charge in [0.2, 0.25) is 0 Å². The number of likely N-dealkylation sites (tertiary alicyclic amines) is 1. The van der Waals surface area contributed by atoms with Gasteiger partial charge in [-0.05, 0) is 29.9 Å². The topological polar surface area (TPSA) is 36.9 Å². The minimum atomic E-state index is -4.68. The van der Waals surface area contributed by atoms with Crippen molar-refractivity contribution in [1.82, 2.24) is 10.2 Å². The van der Waals surface area contributed by atoms with Gasteiger partial charge in [-0.1, -0.05) is 32.0 Å². The molecular formula is C18H25F3IN3O. The van der Waals surface area contributed by atoms with Gasteiger partial charge < -0.3 is 15.0 Å². The fraction of sp³-hybridized carbons (Fsp3) is 0.611. The van der Waals surface area contributed by atoms with Crippen LogP contribution in [0.15, 0.2) is 29.3 Å². The lowest BCUT2D eigenvalue weighted by atomic mass is 9.93. The zero-order chi connectivity index (χ0) is 18.2. The summed E-state index contributed by atoms with van der Waals surface area (Å²) in [5.41, 5.74) is 0.850. The van der Waals surface area contributed by atoms with Crippen molar-refractivity contribution in [3.8, 4) is 5.75 Å². The Bertz CT molecular complexity index is 663. The second kappa shape index (κ2) is 7.82. The van der Waals surface area contributed by atoms with Gasteiger partial charge in [-0.25, -0.2) is 0 Å². The van der Waals surface area contributed by atoms with Gasteiger partial charge in [-0.15, -0.1) is 37.1 Å². The summed E-state index contributed by atoms with van der Waals surface area (Å²) in [5.74, 6) is 0.722. The highest BCUT2D eigenvalue weighted by molar-refractivity contribution is 14.0. The van der Waals surface area contributed by atoms with Crippen LogP contribution in [0.3, 0.4) is 0 Å². The van der Waals surface area contributed by atoms with E-state index in [1.165, 1.54) is 6.07 Å². The molecular weight excluding hydrogens is 458 g/mol. The maximum Gasteiger partial charge on any atom is 0.573 e.